The van der Waals surface area contributed by atoms with Crippen LogP contribution >= 0.6 is 0 Å². The van der Waals surface area contributed by atoms with E-state index in [1.54, 1.807) is 0 Å². The molecular weight excluding hydrogens is 306 g/mol. The first-order valence-corrected chi connectivity index (χ1v) is 8.04. The highest BCUT2D eigenvalue weighted by Crippen LogP contribution is 2.56. The molecule has 1 spiro atoms. The van der Waals surface area contributed by atoms with E-state index in [9.17, 15) is 4.79 Å². The van der Waals surface area contributed by atoms with Gasteiger partial charge in [-0.3, -0.25) is 4.79 Å². The predicted octanol–water partition coefficient (Wildman–Crippen LogP) is 3.21. The minimum absolute atomic E-state index is 0.0137. The average Bonchev–Trinajstić information content (AvgIpc) is 3.08. The second kappa shape index (κ2) is 4.23. The summed E-state index contributed by atoms with van der Waals surface area (Å²) in [5.74, 6) is 1.99. The third-order valence-electron chi connectivity index (χ3n) is 5.03. The summed E-state index contributed by atoms with van der Waals surface area (Å²) < 4.78 is 17.2. The third-order valence-corrected chi connectivity index (χ3v) is 5.03. The molecule has 0 fully saturated rings. The molecule has 5 nitrogen and oxygen atoms in total. The number of anilines is 1. The minimum atomic E-state index is -0.769. The summed E-state index contributed by atoms with van der Waals surface area (Å²) in [6.45, 7) is 4.21. The molecule has 1 amide bonds. The zero-order valence-corrected chi connectivity index (χ0v) is 13.5. The van der Waals surface area contributed by atoms with E-state index in [1.165, 1.54) is 0 Å². The Balaban J connectivity index is 1.83. The van der Waals surface area contributed by atoms with Gasteiger partial charge < -0.3 is 19.5 Å². The number of para-hydroxylation sites is 1. The Morgan fingerprint density at radius 2 is 1.75 bits per heavy atom. The lowest BCUT2D eigenvalue weighted by Gasteiger charge is -2.43. The predicted molar refractivity (Wildman–Crippen MR) is 87.7 cm³/mol. The van der Waals surface area contributed by atoms with Crippen molar-refractivity contribution in [2.75, 3.05) is 12.1 Å². The highest BCUT2D eigenvalue weighted by Gasteiger charge is 2.56. The zero-order valence-electron chi connectivity index (χ0n) is 13.5. The fourth-order valence-corrected chi connectivity index (χ4v) is 4.17. The molecule has 0 saturated heterocycles. The first-order valence-electron chi connectivity index (χ1n) is 8.04. The van der Waals surface area contributed by atoms with Crippen molar-refractivity contribution in [2.45, 2.75) is 31.3 Å². The Morgan fingerprint density at radius 3 is 2.58 bits per heavy atom. The summed E-state index contributed by atoms with van der Waals surface area (Å²) in [6.07, 6.45) is 0.565. The summed E-state index contributed by atoms with van der Waals surface area (Å²) in [5.41, 5.74) is 1.45. The van der Waals surface area contributed by atoms with Crippen LogP contribution in [0.2, 0.25) is 0 Å². The highest BCUT2D eigenvalue weighted by atomic mass is 16.7. The van der Waals surface area contributed by atoms with E-state index < -0.39 is 11.0 Å². The molecule has 0 aliphatic carbocycles. The molecule has 1 N–H and O–H groups in total. The van der Waals surface area contributed by atoms with Gasteiger partial charge in [0.25, 0.3) is 0 Å². The van der Waals surface area contributed by atoms with Crippen LogP contribution in [0.5, 0.6) is 17.2 Å². The average molecular weight is 323 g/mol. The van der Waals surface area contributed by atoms with E-state index in [1.807, 2.05) is 50.2 Å². The fraction of sp³-hybridized carbons (Fsp3) is 0.316. The maximum atomic E-state index is 13.1. The smallest absolute Gasteiger partial charge is 0.239 e. The van der Waals surface area contributed by atoms with Gasteiger partial charge in [0.2, 0.25) is 12.7 Å². The van der Waals surface area contributed by atoms with Crippen LogP contribution in [0.4, 0.5) is 5.69 Å². The van der Waals surface area contributed by atoms with Crippen molar-refractivity contribution in [1.29, 1.82) is 0 Å². The Labute approximate surface area is 139 Å². The molecular formula is C19H17NO4. The molecule has 5 rings (SSSR count). The number of hydrogen-bond acceptors (Lipinski definition) is 4. The van der Waals surface area contributed by atoms with Gasteiger partial charge in [-0.05, 0) is 31.5 Å². The number of amides is 1. The molecule has 122 valence electrons. The van der Waals surface area contributed by atoms with Crippen molar-refractivity contribution >= 4 is 11.6 Å². The quantitative estimate of drug-likeness (QED) is 0.809. The van der Waals surface area contributed by atoms with Crippen LogP contribution < -0.4 is 19.5 Å². The van der Waals surface area contributed by atoms with Crippen LogP contribution in [-0.4, -0.2) is 18.3 Å². The normalized spacial score (nSPS) is 25.0. The third kappa shape index (κ3) is 1.62. The molecule has 3 aliphatic rings. The van der Waals surface area contributed by atoms with Crippen LogP contribution in [0.25, 0.3) is 0 Å². The number of ether oxygens (including phenoxy) is 3. The number of carbonyl (C=O) groups excluding carboxylic acids is 1. The van der Waals surface area contributed by atoms with Crippen LogP contribution in [0, 0.1) is 0 Å². The monoisotopic (exact) mass is 323 g/mol. The van der Waals surface area contributed by atoms with Crippen LogP contribution in [0.1, 0.15) is 31.4 Å². The van der Waals surface area contributed by atoms with Crippen molar-refractivity contribution in [2.24, 2.45) is 0 Å². The van der Waals surface area contributed by atoms with Gasteiger partial charge in [-0.15, -0.1) is 0 Å². The zero-order chi connectivity index (χ0) is 16.5. The molecule has 5 heteroatoms. The van der Waals surface area contributed by atoms with Crippen LogP contribution in [-0.2, 0) is 10.2 Å². The molecule has 2 aromatic rings. The maximum absolute atomic E-state index is 13.1. The van der Waals surface area contributed by atoms with Gasteiger partial charge in [0, 0.05) is 23.7 Å². The van der Waals surface area contributed by atoms with Crippen molar-refractivity contribution < 1.29 is 19.0 Å². The van der Waals surface area contributed by atoms with Gasteiger partial charge in [0.15, 0.2) is 11.5 Å². The molecule has 0 saturated carbocycles. The van der Waals surface area contributed by atoms with Crippen LogP contribution in [0.15, 0.2) is 36.4 Å². The lowest BCUT2D eigenvalue weighted by molar-refractivity contribution is -0.122. The number of fused-ring (bicyclic) bond motifs is 5. The van der Waals surface area contributed by atoms with Crippen molar-refractivity contribution in [3.8, 4) is 17.2 Å². The molecule has 0 radical (unpaired) electrons. The van der Waals surface area contributed by atoms with Gasteiger partial charge in [0.1, 0.15) is 16.8 Å². The molecule has 1 unspecified atom stereocenters. The Kier molecular flexibility index (Phi) is 2.42. The first-order chi connectivity index (χ1) is 11.5. The number of benzene rings is 2. The number of carbonyl (C=O) groups is 1. The van der Waals surface area contributed by atoms with Gasteiger partial charge in [-0.1, -0.05) is 18.2 Å². The van der Waals surface area contributed by atoms with E-state index in [2.05, 4.69) is 5.32 Å². The van der Waals surface area contributed by atoms with Crippen molar-refractivity contribution in [3.05, 3.63) is 47.5 Å². The lowest BCUT2D eigenvalue weighted by atomic mass is 9.67. The van der Waals surface area contributed by atoms with Crippen molar-refractivity contribution in [1.82, 2.24) is 0 Å². The van der Waals surface area contributed by atoms with E-state index >= 15 is 0 Å². The molecule has 0 aromatic heterocycles. The van der Waals surface area contributed by atoms with Gasteiger partial charge in [0.05, 0.1) is 0 Å². The molecule has 1 atom stereocenters. The molecule has 24 heavy (non-hydrogen) atoms. The largest absolute Gasteiger partial charge is 0.487 e. The van der Waals surface area contributed by atoms with Crippen LogP contribution in [0.3, 0.4) is 0 Å². The number of hydrogen-bond donors (Lipinski definition) is 1. The van der Waals surface area contributed by atoms with Gasteiger partial charge >= 0.3 is 0 Å². The second-order valence-electron chi connectivity index (χ2n) is 7.15. The molecule has 3 heterocycles. The lowest BCUT2D eigenvalue weighted by Crippen LogP contribution is -2.48. The minimum Gasteiger partial charge on any atom is -0.487 e. The van der Waals surface area contributed by atoms with Gasteiger partial charge in [-0.25, -0.2) is 0 Å². The Morgan fingerprint density at radius 1 is 1.00 bits per heavy atom. The first kappa shape index (κ1) is 13.7. The summed E-state index contributed by atoms with van der Waals surface area (Å²) >= 11 is 0. The topological polar surface area (TPSA) is 56.8 Å². The molecule has 3 aliphatic heterocycles. The summed E-state index contributed by atoms with van der Waals surface area (Å²) in [4.78, 5) is 13.1. The summed E-state index contributed by atoms with van der Waals surface area (Å²) in [7, 11) is 0. The molecule has 2 aromatic carbocycles. The Bertz CT molecular complexity index is 889. The van der Waals surface area contributed by atoms with E-state index in [-0.39, 0.29) is 12.7 Å². The second-order valence-corrected chi connectivity index (χ2v) is 7.15. The Hall–Kier alpha value is -2.69. The van der Waals surface area contributed by atoms with E-state index in [4.69, 9.17) is 14.2 Å². The maximum Gasteiger partial charge on any atom is 0.239 e. The number of nitrogens with one attached hydrogen (secondary N) is 1. The SMILES string of the molecule is CC1(C)CC2(C(=O)Nc3ccccc32)c2cc3c(cc2O1)OCO3. The number of rotatable bonds is 0. The van der Waals surface area contributed by atoms with E-state index in [0.29, 0.717) is 23.7 Å². The van der Waals surface area contributed by atoms with Crippen molar-refractivity contribution in [3.63, 3.8) is 0 Å². The fourth-order valence-electron chi connectivity index (χ4n) is 4.17. The highest BCUT2D eigenvalue weighted by molar-refractivity contribution is 6.09. The standard InChI is InChI=1S/C19H17NO4/c1-18(2)9-19(11-5-3-4-6-13(11)20-17(19)21)12-7-15-16(23-10-22-15)8-14(12)24-18/h3-8H,9-10H2,1-2H3,(H,20,21). The summed E-state index contributed by atoms with van der Waals surface area (Å²) in [5, 5.41) is 3.04. The van der Waals surface area contributed by atoms with Gasteiger partial charge in [-0.2, -0.15) is 0 Å². The molecule has 0 bridgehead atoms. The van der Waals surface area contributed by atoms with E-state index in [0.717, 1.165) is 16.8 Å². The summed E-state index contributed by atoms with van der Waals surface area (Å²) in [6, 6.07) is 11.6.